The van der Waals surface area contributed by atoms with E-state index in [1.54, 1.807) is 0 Å². The Morgan fingerprint density at radius 3 is 2.19 bits per heavy atom. The molecule has 0 aromatic heterocycles. The first-order valence-corrected chi connectivity index (χ1v) is 10.0. The lowest BCUT2D eigenvalue weighted by Gasteiger charge is -2.36. The van der Waals surface area contributed by atoms with Crippen LogP contribution in [-0.2, 0) is 14.3 Å². The molecule has 2 aliphatic rings. The van der Waals surface area contributed by atoms with Crippen LogP contribution in [0.2, 0.25) is 0 Å². The van der Waals surface area contributed by atoms with Crippen LogP contribution in [0.1, 0.15) is 0 Å². The quantitative estimate of drug-likeness (QED) is 0.640. The number of benzene rings is 1. The van der Waals surface area contributed by atoms with E-state index < -0.39 is 0 Å². The first-order valence-electron chi connectivity index (χ1n) is 8.96. The monoisotopic (exact) mass is 472 g/mol. The molecule has 1 aromatic carbocycles. The summed E-state index contributed by atoms with van der Waals surface area (Å²) in [6, 6.07) is 7.74. The molecule has 2 aliphatic heterocycles. The van der Waals surface area contributed by atoms with Crippen molar-refractivity contribution in [1.82, 2.24) is 14.7 Å². The lowest BCUT2D eigenvalue weighted by atomic mass is 10.2. The Morgan fingerprint density at radius 1 is 0.923 bits per heavy atom. The molecule has 2 amide bonds. The molecule has 3 rings (SSSR count). The molecule has 7 nitrogen and oxygen atoms in total. The van der Waals surface area contributed by atoms with Gasteiger partial charge in [0.1, 0.15) is 0 Å². The standard InChI is InChI=1S/C18H25IN4O3/c19-15-1-3-16(4-2-15)20-17(24)13-21-5-7-23(8-6-21)18(25)14-22-9-11-26-12-10-22/h1-4H,5-14H2,(H,20,24). The summed E-state index contributed by atoms with van der Waals surface area (Å²) in [6.45, 7) is 6.71. The number of carbonyl (C=O) groups is 2. The van der Waals surface area contributed by atoms with Gasteiger partial charge in [-0.05, 0) is 46.9 Å². The number of amides is 2. The molecule has 8 heteroatoms. The van der Waals surface area contributed by atoms with Gasteiger partial charge in [0.25, 0.3) is 0 Å². The summed E-state index contributed by atoms with van der Waals surface area (Å²) in [5.41, 5.74) is 0.815. The van der Waals surface area contributed by atoms with E-state index in [0.29, 0.717) is 39.4 Å². The van der Waals surface area contributed by atoms with Crippen LogP contribution >= 0.6 is 22.6 Å². The predicted octanol–water partition coefficient (Wildman–Crippen LogP) is 0.706. The molecule has 0 unspecified atom stereocenters. The minimum absolute atomic E-state index is 0.0145. The Labute approximate surface area is 167 Å². The molecule has 0 spiro atoms. The minimum atomic E-state index is -0.0145. The summed E-state index contributed by atoms with van der Waals surface area (Å²) in [5.74, 6) is 0.161. The third-order valence-corrected chi connectivity index (χ3v) is 5.40. The van der Waals surface area contributed by atoms with Crippen LogP contribution < -0.4 is 5.32 Å². The molecular formula is C18H25IN4O3. The smallest absolute Gasteiger partial charge is 0.238 e. The number of piperazine rings is 1. The third-order valence-electron chi connectivity index (χ3n) is 4.68. The van der Waals surface area contributed by atoms with Gasteiger partial charge in [0.15, 0.2) is 0 Å². The molecule has 0 atom stereocenters. The van der Waals surface area contributed by atoms with Gasteiger partial charge in [-0.1, -0.05) is 0 Å². The van der Waals surface area contributed by atoms with Crippen LogP contribution in [0.4, 0.5) is 5.69 Å². The summed E-state index contributed by atoms with van der Waals surface area (Å²) in [4.78, 5) is 30.7. The Kier molecular flexibility index (Phi) is 7.23. The zero-order valence-corrected chi connectivity index (χ0v) is 17.0. The number of hydrogen-bond donors (Lipinski definition) is 1. The highest BCUT2D eigenvalue weighted by Gasteiger charge is 2.24. The summed E-state index contributed by atoms with van der Waals surface area (Å²) in [6.07, 6.45) is 0. The second-order valence-corrected chi connectivity index (χ2v) is 7.85. The highest BCUT2D eigenvalue weighted by Crippen LogP contribution is 2.11. The van der Waals surface area contributed by atoms with Gasteiger partial charge in [-0.15, -0.1) is 0 Å². The van der Waals surface area contributed by atoms with E-state index in [0.717, 1.165) is 35.4 Å². The van der Waals surface area contributed by atoms with Crippen molar-refractivity contribution in [3.8, 4) is 0 Å². The zero-order chi connectivity index (χ0) is 18.4. The van der Waals surface area contributed by atoms with Crippen molar-refractivity contribution in [2.45, 2.75) is 0 Å². The number of nitrogens with one attached hydrogen (secondary N) is 1. The predicted molar refractivity (Wildman–Crippen MR) is 108 cm³/mol. The highest BCUT2D eigenvalue weighted by molar-refractivity contribution is 14.1. The van der Waals surface area contributed by atoms with Gasteiger partial charge < -0.3 is 15.0 Å². The number of anilines is 1. The van der Waals surface area contributed by atoms with E-state index in [4.69, 9.17) is 4.74 Å². The molecule has 0 bridgehead atoms. The normalized spacial score (nSPS) is 19.3. The van der Waals surface area contributed by atoms with Crippen molar-refractivity contribution in [2.24, 2.45) is 0 Å². The maximum absolute atomic E-state index is 12.4. The van der Waals surface area contributed by atoms with Crippen molar-refractivity contribution in [2.75, 3.05) is 70.9 Å². The first-order chi connectivity index (χ1) is 12.6. The molecule has 0 aliphatic carbocycles. The van der Waals surface area contributed by atoms with Gasteiger partial charge >= 0.3 is 0 Å². The summed E-state index contributed by atoms with van der Waals surface area (Å²) >= 11 is 2.24. The van der Waals surface area contributed by atoms with Crippen molar-refractivity contribution in [3.63, 3.8) is 0 Å². The maximum Gasteiger partial charge on any atom is 0.238 e. The van der Waals surface area contributed by atoms with Crippen LogP contribution in [-0.4, -0.2) is 92.1 Å². The lowest BCUT2D eigenvalue weighted by molar-refractivity contribution is -0.135. The van der Waals surface area contributed by atoms with Crippen LogP contribution in [0, 0.1) is 3.57 Å². The van der Waals surface area contributed by atoms with Crippen LogP contribution in [0.3, 0.4) is 0 Å². The Hall–Kier alpha value is -1.23. The fraction of sp³-hybridized carbons (Fsp3) is 0.556. The van der Waals surface area contributed by atoms with E-state index in [1.807, 2.05) is 29.2 Å². The van der Waals surface area contributed by atoms with Crippen LogP contribution in [0.25, 0.3) is 0 Å². The van der Waals surface area contributed by atoms with Gasteiger partial charge in [-0.3, -0.25) is 19.4 Å². The Balaban J connectivity index is 1.38. The van der Waals surface area contributed by atoms with Crippen molar-refractivity contribution < 1.29 is 14.3 Å². The van der Waals surface area contributed by atoms with Gasteiger partial charge in [-0.25, -0.2) is 0 Å². The second kappa shape index (κ2) is 9.63. The molecular weight excluding hydrogens is 447 g/mol. The molecule has 2 fully saturated rings. The summed E-state index contributed by atoms with van der Waals surface area (Å²) < 4.78 is 6.45. The van der Waals surface area contributed by atoms with E-state index >= 15 is 0 Å². The molecule has 1 N–H and O–H groups in total. The average Bonchev–Trinajstić information content (AvgIpc) is 2.65. The number of morpholine rings is 1. The van der Waals surface area contributed by atoms with Gasteiger partial charge in [0.2, 0.25) is 11.8 Å². The fourth-order valence-electron chi connectivity index (χ4n) is 3.14. The van der Waals surface area contributed by atoms with Crippen LogP contribution in [0.15, 0.2) is 24.3 Å². The van der Waals surface area contributed by atoms with Crippen molar-refractivity contribution in [3.05, 3.63) is 27.8 Å². The van der Waals surface area contributed by atoms with Gasteiger partial charge in [0, 0.05) is 48.5 Å². The van der Waals surface area contributed by atoms with E-state index in [2.05, 4.69) is 37.7 Å². The molecule has 0 saturated carbocycles. The topological polar surface area (TPSA) is 65.1 Å². The lowest BCUT2D eigenvalue weighted by Crippen LogP contribution is -2.53. The molecule has 142 valence electrons. The number of hydrogen-bond acceptors (Lipinski definition) is 5. The molecule has 1 aromatic rings. The van der Waals surface area contributed by atoms with E-state index in [-0.39, 0.29) is 11.8 Å². The average molecular weight is 472 g/mol. The second-order valence-electron chi connectivity index (χ2n) is 6.60. The largest absolute Gasteiger partial charge is 0.379 e. The van der Waals surface area contributed by atoms with Gasteiger partial charge in [0.05, 0.1) is 26.3 Å². The Bertz CT molecular complexity index is 611. The zero-order valence-electron chi connectivity index (χ0n) is 14.8. The molecule has 2 saturated heterocycles. The third kappa shape index (κ3) is 5.90. The number of carbonyl (C=O) groups excluding carboxylic acids is 2. The number of nitrogens with zero attached hydrogens (tertiary/aromatic N) is 3. The molecule has 26 heavy (non-hydrogen) atoms. The van der Waals surface area contributed by atoms with Gasteiger partial charge in [-0.2, -0.15) is 0 Å². The number of halogens is 1. The number of rotatable bonds is 5. The molecule has 0 radical (unpaired) electrons. The first kappa shape index (κ1) is 19.5. The van der Waals surface area contributed by atoms with Crippen LogP contribution in [0.5, 0.6) is 0 Å². The summed E-state index contributed by atoms with van der Waals surface area (Å²) in [7, 11) is 0. The molecule has 2 heterocycles. The van der Waals surface area contributed by atoms with Crippen molar-refractivity contribution >= 4 is 40.1 Å². The maximum atomic E-state index is 12.4. The SMILES string of the molecule is O=C(CN1CCN(C(=O)CN2CCOCC2)CC1)Nc1ccc(I)cc1. The highest BCUT2D eigenvalue weighted by atomic mass is 127. The summed E-state index contributed by atoms with van der Waals surface area (Å²) in [5, 5.41) is 2.92. The minimum Gasteiger partial charge on any atom is -0.379 e. The Morgan fingerprint density at radius 2 is 1.54 bits per heavy atom. The van der Waals surface area contributed by atoms with E-state index in [1.165, 1.54) is 0 Å². The number of ether oxygens (including phenoxy) is 1. The fourth-order valence-corrected chi connectivity index (χ4v) is 3.50. The van der Waals surface area contributed by atoms with Crippen molar-refractivity contribution in [1.29, 1.82) is 0 Å². The van der Waals surface area contributed by atoms with E-state index in [9.17, 15) is 9.59 Å².